The van der Waals surface area contributed by atoms with Crippen molar-refractivity contribution in [3.8, 4) is 0 Å². The average Bonchev–Trinajstić information content (AvgIpc) is 2.79. The smallest absolute Gasteiger partial charge is 0.240 e. The molecule has 2 aliphatic heterocycles. The van der Waals surface area contributed by atoms with E-state index < -0.39 is 10.0 Å². The van der Waals surface area contributed by atoms with Crippen LogP contribution in [0.2, 0.25) is 0 Å². The molecule has 126 valence electrons. The number of hydrogen-bond donors (Lipinski definition) is 1. The number of hydrogen-bond acceptors (Lipinski definition) is 3. The number of nitrogens with zero attached hydrogens (tertiary/aromatic N) is 1. The molecular formula is C17H24N2O3S. The molecular weight excluding hydrogens is 312 g/mol. The van der Waals surface area contributed by atoms with Gasteiger partial charge in [-0.25, -0.2) is 13.1 Å². The van der Waals surface area contributed by atoms with Crippen molar-refractivity contribution >= 4 is 21.6 Å². The monoisotopic (exact) mass is 336 g/mol. The van der Waals surface area contributed by atoms with E-state index in [4.69, 9.17) is 0 Å². The van der Waals surface area contributed by atoms with E-state index in [1.807, 2.05) is 11.8 Å². The highest BCUT2D eigenvalue weighted by molar-refractivity contribution is 7.89. The van der Waals surface area contributed by atoms with Crippen molar-refractivity contribution < 1.29 is 13.2 Å². The number of carbonyl (C=O) groups is 1. The highest BCUT2D eigenvalue weighted by atomic mass is 32.2. The van der Waals surface area contributed by atoms with Gasteiger partial charge in [-0.15, -0.1) is 0 Å². The molecule has 0 saturated carbocycles. The van der Waals surface area contributed by atoms with Crippen molar-refractivity contribution in [1.29, 1.82) is 0 Å². The van der Waals surface area contributed by atoms with Crippen LogP contribution >= 0.6 is 0 Å². The van der Waals surface area contributed by atoms with E-state index in [1.54, 1.807) is 12.1 Å². The Morgan fingerprint density at radius 3 is 2.83 bits per heavy atom. The lowest BCUT2D eigenvalue weighted by Gasteiger charge is -2.26. The molecule has 0 radical (unpaired) electrons. The van der Waals surface area contributed by atoms with Crippen LogP contribution in [0.15, 0.2) is 17.0 Å². The predicted octanol–water partition coefficient (Wildman–Crippen LogP) is 2.55. The van der Waals surface area contributed by atoms with Gasteiger partial charge in [-0.2, -0.15) is 0 Å². The van der Waals surface area contributed by atoms with E-state index in [1.165, 1.54) is 0 Å². The van der Waals surface area contributed by atoms with Crippen molar-refractivity contribution in [2.45, 2.75) is 56.8 Å². The lowest BCUT2D eigenvalue weighted by atomic mass is 9.97. The highest BCUT2D eigenvalue weighted by Crippen LogP contribution is 2.43. The number of rotatable bonds is 6. The topological polar surface area (TPSA) is 66.5 Å². The second-order valence-corrected chi connectivity index (χ2v) is 8.21. The molecule has 23 heavy (non-hydrogen) atoms. The van der Waals surface area contributed by atoms with Crippen LogP contribution in [0.4, 0.5) is 5.69 Å². The summed E-state index contributed by atoms with van der Waals surface area (Å²) in [5.41, 5.74) is 2.81. The van der Waals surface area contributed by atoms with Gasteiger partial charge in [0.25, 0.3) is 0 Å². The van der Waals surface area contributed by atoms with E-state index >= 15 is 0 Å². The molecule has 3 rings (SSSR count). The number of amides is 1. The molecule has 6 heteroatoms. The van der Waals surface area contributed by atoms with Crippen molar-refractivity contribution in [1.82, 2.24) is 4.72 Å². The van der Waals surface area contributed by atoms with Crippen molar-refractivity contribution in [2.75, 3.05) is 18.0 Å². The average molecular weight is 336 g/mol. The first kappa shape index (κ1) is 16.5. The van der Waals surface area contributed by atoms with Crippen LogP contribution in [-0.4, -0.2) is 27.4 Å². The number of aryl methyl sites for hydroxylation is 1. The molecule has 2 heterocycles. The molecule has 1 atom stereocenters. The van der Waals surface area contributed by atoms with Gasteiger partial charge in [-0.05, 0) is 49.4 Å². The summed E-state index contributed by atoms with van der Waals surface area (Å²) >= 11 is 0. The zero-order valence-corrected chi connectivity index (χ0v) is 14.6. The Balaban J connectivity index is 1.93. The summed E-state index contributed by atoms with van der Waals surface area (Å²) in [6.45, 7) is 5.15. The quantitative estimate of drug-likeness (QED) is 0.812. The number of anilines is 1. The normalized spacial score (nSPS) is 20.0. The summed E-state index contributed by atoms with van der Waals surface area (Å²) in [6.07, 6.45) is 4.63. The maximum atomic E-state index is 12.5. The van der Waals surface area contributed by atoms with E-state index in [0.717, 1.165) is 55.5 Å². The van der Waals surface area contributed by atoms with E-state index in [2.05, 4.69) is 11.6 Å². The van der Waals surface area contributed by atoms with E-state index in [9.17, 15) is 13.2 Å². The summed E-state index contributed by atoms with van der Waals surface area (Å²) in [5, 5.41) is 0. The first-order valence-corrected chi connectivity index (χ1v) is 9.92. The molecule has 0 unspecified atom stereocenters. The fourth-order valence-electron chi connectivity index (χ4n) is 3.49. The summed E-state index contributed by atoms with van der Waals surface area (Å²) in [7, 11) is -3.51. The fraction of sp³-hybridized carbons (Fsp3) is 0.588. The van der Waals surface area contributed by atoms with Gasteiger partial charge in [-0.3, -0.25) is 4.79 Å². The second-order valence-electron chi connectivity index (χ2n) is 6.44. The molecule has 0 aliphatic carbocycles. The SMILES string of the molecule is CCCCCNS(=O)(=O)c1cc2c3c(c1)[C@H](C)C(=O)N3CCC2. The van der Waals surface area contributed by atoms with Gasteiger partial charge in [0.05, 0.1) is 16.5 Å². The van der Waals surface area contributed by atoms with Crippen LogP contribution < -0.4 is 9.62 Å². The van der Waals surface area contributed by atoms with E-state index in [-0.39, 0.29) is 11.8 Å². The van der Waals surface area contributed by atoms with E-state index in [0.29, 0.717) is 11.4 Å². The maximum Gasteiger partial charge on any atom is 0.240 e. The van der Waals surface area contributed by atoms with Gasteiger partial charge in [0.1, 0.15) is 0 Å². The maximum absolute atomic E-state index is 12.5. The standard InChI is InChI=1S/C17H24N2O3S/c1-3-4-5-8-18-23(21,22)14-10-13-7-6-9-19-16(13)15(11-14)12(2)17(19)20/h10-12,18H,3-9H2,1-2H3/t12-/m0/s1. The molecule has 0 aromatic heterocycles. The summed E-state index contributed by atoms with van der Waals surface area (Å²) in [4.78, 5) is 14.5. The van der Waals surface area contributed by atoms with Crippen molar-refractivity contribution in [3.63, 3.8) is 0 Å². The zero-order chi connectivity index (χ0) is 16.6. The summed E-state index contributed by atoms with van der Waals surface area (Å²) in [6, 6.07) is 3.44. The van der Waals surface area contributed by atoms with Crippen molar-refractivity contribution in [2.24, 2.45) is 0 Å². The van der Waals surface area contributed by atoms with Crippen LogP contribution in [0.1, 0.15) is 56.6 Å². The third-order valence-electron chi connectivity index (χ3n) is 4.78. The predicted molar refractivity (Wildman–Crippen MR) is 90.2 cm³/mol. The van der Waals surface area contributed by atoms with Gasteiger partial charge in [0, 0.05) is 13.1 Å². The number of sulfonamides is 1. The first-order valence-electron chi connectivity index (χ1n) is 8.43. The van der Waals surface area contributed by atoms with Gasteiger partial charge in [0.15, 0.2) is 0 Å². The third-order valence-corrected chi connectivity index (χ3v) is 6.22. The highest BCUT2D eigenvalue weighted by Gasteiger charge is 2.38. The molecule has 1 aromatic carbocycles. The molecule has 1 N–H and O–H groups in total. The summed E-state index contributed by atoms with van der Waals surface area (Å²) in [5.74, 6) is -0.163. The molecule has 1 aromatic rings. The van der Waals surface area contributed by atoms with Crippen LogP contribution in [-0.2, 0) is 21.2 Å². The lowest BCUT2D eigenvalue weighted by molar-refractivity contribution is -0.119. The van der Waals surface area contributed by atoms with Gasteiger partial charge in [-0.1, -0.05) is 19.8 Å². The Kier molecular flexibility index (Phi) is 4.47. The molecule has 1 amide bonds. The van der Waals surface area contributed by atoms with Gasteiger partial charge >= 0.3 is 0 Å². The minimum Gasteiger partial charge on any atom is -0.311 e. The fourth-order valence-corrected chi connectivity index (χ4v) is 4.64. The Labute approximate surface area is 138 Å². The molecule has 5 nitrogen and oxygen atoms in total. The van der Waals surface area contributed by atoms with Crippen LogP contribution in [0.3, 0.4) is 0 Å². The summed E-state index contributed by atoms with van der Waals surface area (Å²) < 4.78 is 27.8. The molecule has 0 fully saturated rings. The Bertz CT molecular complexity index is 728. The lowest BCUT2D eigenvalue weighted by Crippen LogP contribution is -2.32. The third kappa shape index (κ3) is 2.90. The number of nitrogens with one attached hydrogen (secondary N) is 1. The van der Waals surface area contributed by atoms with Crippen LogP contribution in [0, 0.1) is 0 Å². The second kappa shape index (κ2) is 6.24. The van der Waals surface area contributed by atoms with Gasteiger partial charge in [0.2, 0.25) is 15.9 Å². The molecule has 2 aliphatic rings. The molecule has 0 bridgehead atoms. The number of carbonyl (C=O) groups excluding carboxylic acids is 1. The van der Waals surface area contributed by atoms with Crippen LogP contribution in [0.25, 0.3) is 0 Å². The first-order chi connectivity index (χ1) is 11.0. The Morgan fingerprint density at radius 1 is 1.30 bits per heavy atom. The zero-order valence-electron chi connectivity index (χ0n) is 13.8. The minimum absolute atomic E-state index is 0.0893. The van der Waals surface area contributed by atoms with Crippen molar-refractivity contribution in [3.05, 3.63) is 23.3 Å². The van der Waals surface area contributed by atoms with Gasteiger partial charge < -0.3 is 4.90 Å². The number of benzene rings is 1. The Hall–Kier alpha value is -1.40. The number of unbranched alkanes of at least 4 members (excludes halogenated alkanes) is 2. The molecule has 0 spiro atoms. The largest absolute Gasteiger partial charge is 0.311 e. The van der Waals surface area contributed by atoms with Crippen LogP contribution in [0.5, 0.6) is 0 Å². The molecule has 0 saturated heterocycles. The minimum atomic E-state index is -3.51. The Morgan fingerprint density at radius 2 is 2.09 bits per heavy atom.